The van der Waals surface area contributed by atoms with Crippen LogP contribution in [0.4, 0.5) is 0 Å². The Hall–Kier alpha value is 0.310. The van der Waals surface area contributed by atoms with Crippen molar-refractivity contribution in [3.63, 3.8) is 0 Å². The monoisotopic (exact) mass is 328 g/mol. The van der Waals surface area contributed by atoms with Gasteiger partial charge in [0, 0.05) is 0 Å². The molecule has 3 nitrogen and oxygen atoms in total. The third kappa shape index (κ3) is 3.24. The molecule has 22 heavy (non-hydrogen) atoms. The van der Waals surface area contributed by atoms with Crippen molar-refractivity contribution >= 4 is 7.92 Å². The Bertz CT molecular complexity index is 309. The van der Waals surface area contributed by atoms with Crippen LogP contribution in [0.25, 0.3) is 0 Å². The van der Waals surface area contributed by atoms with Crippen molar-refractivity contribution in [3.05, 3.63) is 0 Å². The molecule has 0 aromatic carbocycles. The molecule has 3 saturated carbocycles. The Labute approximate surface area is 136 Å². The largest absolute Gasteiger partial charge is 0.385 e. The lowest BCUT2D eigenvalue weighted by Crippen LogP contribution is -2.50. The summed E-state index contributed by atoms with van der Waals surface area (Å²) in [5.41, 5.74) is 0. The van der Waals surface area contributed by atoms with E-state index < -0.39 is 23.9 Å². The van der Waals surface area contributed by atoms with Gasteiger partial charge in [0.15, 0.2) is 0 Å². The third-order valence-corrected chi connectivity index (χ3v) is 10.1. The molecule has 3 rings (SSSR count). The Morgan fingerprint density at radius 1 is 0.409 bits per heavy atom. The first-order chi connectivity index (χ1) is 10.5. The highest BCUT2D eigenvalue weighted by Crippen LogP contribution is 2.74. The first kappa shape index (κ1) is 17.1. The molecular formula is C18H33O3P. The quantitative estimate of drug-likeness (QED) is 0.672. The molecule has 0 aliphatic heterocycles. The van der Waals surface area contributed by atoms with Gasteiger partial charge < -0.3 is 15.3 Å². The summed E-state index contributed by atoms with van der Waals surface area (Å²) in [5.74, 6) is 0. The minimum atomic E-state index is -1.19. The van der Waals surface area contributed by atoms with Crippen LogP contribution in [0.1, 0.15) is 96.3 Å². The maximum atomic E-state index is 11.5. The van der Waals surface area contributed by atoms with Crippen LogP contribution >= 0.6 is 7.92 Å². The predicted molar refractivity (Wildman–Crippen MR) is 91.0 cm³/mol. The zero-order chi connectivity index (χ0) is 15.7. The molecule has 0 bridgehead atoms. The van der Waals surface area contributed by atoms with Crippen LogP contribution < -0.4 is 0 Å². The average molecular weight is 328 g/mol. The molecule has 0 spiro atoms. The lowest BCUT2D eigenvalue weighted by molar-refractivity contribution is 0.0137. The minimum absolute atomic E-state index is 0.781. The van der Waals surface area contributed by atoms with E-state index in [2.05, 4.69) is 0 Å². The van der Waals surface area contributed by atoms with E-state index in [4.69, 9.17) is 0 Å². The number of rotatable bonds is 3. The normalized spacial score (nSPS) is 31.1. The summed E-state index contributed by atoms with van der Waals surface area (Å²) in [7, 11) is -1.19. The van der Waals surface area contributed by atoms with Crippen LogP contribution in [-0.2, 0) is 0 Å². The van der Waals surface area contributed by atoms with Crippen LogP contribution in [0.15, 0.2) is 0 Å². The first-order valence-electron chi connectivity index (χ1n) is 9.46. The molecule has 3 fully saturated rings. The number of hydrogen-bond donors (Lipinski definition) is 3. The fourth-order valence-corrected chi connectivity index (χ4v) is 9.80. The molecule has 0 heterocycles. The van der Waals surface area contributed by atoms with Crippen molar-refractivity contribution in [1.29, 1.82) is 0 Å². The van der Waals surface area contributed by atoms with Gasteiger partial charge in [-0.3, -0.25) is 0 Å². The van der Waals surface area contributed by atoms with Crippen molar-refractivity contribution in [1.82, 2.24) is 0 Å². The molecule has 4 heteroatoms. The molecule has 3 N–H and O–H groups in total. The van der Waals surface area contributed by atoms with Crippen LogP contribution in [0.5, 0.6) is 0 Å². The predicted octanol–water partition coefficient (Wildman–Crippen LogP) is 4.43. The summed E-state index contributed by atoms with van der Waals surface area (Å²) in [5, 5.41) is 32.0. The average Bonchev–Trinajstić information content (AvgIpc) is 2.48. The Morgan fingerprint density at radius 3 is 0.864 bits per heavy atom. The summed E-state index contributed by atoms with van der Waals surface area (Å²) < 4.78 is 0. The SMILES string of the molecule is OC1(P(C2(O)CCCCC2)C2(O)CCCCC2)CCCCC1. The third-order valence-electron chi connectivity index (χ3n) is 6.21. The maximum Gasteiger partial charge on any atom is 0.0890 e. The van der Waals surface area contributed by atoms with Gasteiger partial charge in [-0.15, -0.1) is 0 Å². The van der Waals surface area contributed by atoms with Crippen molar-refractivity contribution in [2.24, 2.45) is 0 Å². The van der Waals surface area contributed by atoms with E-state index >= 15 is 0 Å². The number of hydrogen-bond acceptors (Lipinski definition) is 3. The molecule has 128 valence electrons. The van der Waals surface area contributed by atoms with E-state index in [1.165, 1.54) is 19.3 Å². The van der Waals surface area contributed by atoms with Gasteiger partial charge in [0.2, 0.25) is 0 Å². The zero-order valence-electron chi connectivity index (χ0n) is 13.9. The van der Waals surface area contributed by atoms with Gasteiger partial charge in [0.25, 0.3) is 0 Å². The smallest absolute Gasteiger partial charge is 0.0890 e. The highest BCUT2D eigenvalue weighted by Gasteiger charge is 2.58. The highest BCUT2D eigenvalue weighted by atomic mass is 31.1. The van der Waals surface area contributed by atoms with Crippen molar-refractivity contribution in [3.8, 4) is 0 Å². The van der Waals surface area contributed by atoms with Gasteiger partial charge in [0.1, 0.15) is 0 Å². The summed E-state index contributed by atoms with van der Waals surface area (Å²) >= 11 is 0. The van der Waals surface area contributed by atoms with E-state index in [-0.39, 0.29) is 0 Å². The zero-order valence-corrected chi connectivity index (χ0v) is 14.8. The number of aliphatic hydroxyl groups is 3. The second-order valence-corrected chi connectivity index (χ2v) is 11.1. The van der Waals surface area contributed by atoms with Crippen LogP contribution in [0.3, 0.4) is 0 Å². The summed E-state index contributed by atoms with van der Waals surface area (Å²) in [6.45, 7) is 0. The van der Waals surface area contributed by atoms with Gasteiger partial charge in [0.05, 0.1) is 16.0 Å². The van der Waals surface area contributed by atoms with Crippen LogP contribution in [-0.4, -0.2) is 31.3 Å². The van der Waals surface area contributed by atoms with Gasteiger partial charge in [-0.2, -0.15) is 0 Å². The van der Waals surface area contributed by atoms with E-state index in [9.17, 15) is 15.3 Å². The van der Waals surface area contributed by atoms with E-state index in [1.54, 1.807) is 0 Å². The van der Waals surface area contributed by atoms with Crippen molar-refractivity contribution in [2.45, 2.75) is 112 Å². The van der Waals surface area contributed by atoms with Gasteiger partial charge in [-0.05, 0) is 46.4 Å². The Morgan fingerprint density at radius 2 is 0.636 bits per heavy atom. The molecule has 0 unspecified atom stereocenters. The molecule has 0 saturated heterocycles. The van der Waals surface area contributed by atoms with Gasteiger partial charge in [-0.25, -0.2) is 0 Å². The fraction of sp³-hybridized carbons (Fsp3) is 1.00. The van der Waals surface area contributed by atoms with Crippen molar-refractivity contribution in [2.75, 3.05) is 0 Å². The molecular weight excluding hydrogens is 295 g/mol. The molecule has 0 radical (unpaired) electrons. The minimum Gasteiger partial charge on any atom is -0.385 e. The molecule has 0 aromatic heterocycles. The Balaban J connectivity index is 1.93. The maximum absolute atomic E-state index is 11.5. The summed E-state index contributed by atoms with van der Waals surface area (Å²) in [6, 6.07) is 0. The first-order valence-corrected chi connectivity index (χ1v) is 10.8. The second kappa shape index (κ2) is 6.67. The van der Waals surface area contributed by atoms with Gasteiger partial charge >= 0.3 is 0 Å². The van der Waals surface area contributed by atoms with Crippen LogP contribution in [0.2, 0.25) is 0 Å². The van der Waals surface area contributed by atoms with Crippen molar-refractivity contribution < 1.29 is 15.3 Å². The van der Waals surface area contributed by atoms with E-state index in [0.717, 1.165) is 77.0 Å². The van der Waals surface area contributed by atoms with E-state index in [0.29, 0.717) is 0 Å². The highest BCUT2D eigenvalue weighted by molar-refractivity contribution is 7.61. The second-order valence-electron chi connectivity index (χ2n) is 7.96. The molecule has 3 aliphatic carbocycles. The van der Waals surface area contributed by atoms with E-state index in [1.807, 2.05) is 0 Å². The van der Waals surface area contributed by atoms with Crippen LogP contribution in [0, 0.1) is 0 Å². The topological polar surface area (TPSA) is 60.7 Å². The Kier molecular flexibility index (Phi) is 5.20. The molecule has 0 atom stereocenters. The summed E-state index contributed by atoms with van der Waals surface area (Å²) in [4.78, 5) is 0. The molecule has 0 aromatic rings. The fourth-order valence-electron chi connectivity index (χ4n) is 5.19. The standard InChI is InChI=1S/C18H33O3P/c19-16(10-4-1-5-11-16)22(17(20)12-6-2-7-13-17)18(21)14-8-3-9-15-18/h19-21H,1-15H2. The lowest BCUT2D eigenvalue weighted by Gasteiger charge is -2.56. The molecule has 3 aliphatic rings. The molecule has 0 amide bonds. The summed E-state index contributed by atoms with van der Waals surface area (Å²) in [6.07, 6.45) is 14.5. The lowest BCUT2D eigenvalue weighted by atomic mass is 9.95. The van der Waals surface area contributed by atoms with Gasteiger partial charge in [-0.1, -0.05) is 57.8 Å².